The number of nitrogens with two attached hydrogens (primary N) is 1. The number of sulfonamides is 1. The number of nitrogen functional groups attached to an aromatic ring is 1. The maximum absolute atomic E-state index is 12.2. The van der Waals surface area contributed by atoms with E-state index in [0.29, 0.717) is 14.7 Å². The number of anilines is 1. The van der Waals surface area contributed by atoms with Crippen molar-refractivity contribution in [2.24, 2.45) is 0 Å². The first-order chi connectivity index (χ1) is 8.90. The lowest BCUT2D eigenvalue weighted by Gasteiger charge is -2.10. The highest BCUT2D eigenvalue weighted by atomic mass is 79.9. The molecule has 0 atom stereocenters. The highest BCUT2D eigenvalue weighted by Crippen LogP contribution is 2.31. The fraction of sp³-hybridized carbons (Fsp3) is 0.0909. The van der Waals surface area contributed by atoms with E-state index in [0.717, 1.165) is 0 Å². The molecule has 1 aromatic carbocycles. The molecule has 0 bridgehead atoms. The van der Waals surface area contributed by atoms with Crippen LogP contribution in [0.15, 0.2) is 48.8 Å². The van der Waals surface area contributed by atoms with Crippen molar-refractivity contribution >= 4 is 47.6 Å². The van der Waals surface area contributed by atoms with E-state index in [-0.39, 0.29) is 17.1 Å². The number of furan rings is 1. The van der Waals surface area contributed by atoms with Crippen molar-refractivity contribution in [2.75, 3.05) is 5.73 Å². The summed E-state index contributed by atoms with van der Waals surface area (Å²) < 4.78 is 33.0. The van der Waals surface area contributed by atoms with Gasteiger partial charge in [-0.15, -0.1) is 0 Å². The summed E-state index contributed by atoms with van der Waals surface area (Å²) in [5, 5.41) is 0. The Bertz CT molecular complexity index is 661. The molecule has 0 aliphatic rings. The zero-order valence-corrected chi connectivity index (χ0v) is 13.5. The molecule has 0 radical (unpaired) electrons. The molecule has 2 rings (SSSR count). The van der Waals surface area contributed by atoms with Crippen molar-refractivity contribution in [3.05, 3.63) is 45.2 Å². The van der Waals surface area contributed by atoms with Crippen LogP contribution >= 0.6 is 31.9 Å². The molecular formula is C11H10Br2N2O3S. The SMILES string of the molecule is Nc1cc(Br)cc(Br)c1S(=O)(=O)NCc1ccco1. The van der Waals surface area contributed by atoms with E-state index in [1.54, 1.807) is 18.2 Å². The second-order valence-electron chi connectivity index (χ2n) is 3.71. The van der Waals surface area contributed by atoms with Gasteiger partial charge in [0.25, 0.3) is 0 Å². The molecule has 0 aliphatic carbocycles. The second-order valence-corrected chi connectivity index (χ2v) is 7.18. The largest absolute Gasteiger partial charge is 0.468 e. The molecule has 0 saturated heterocycles. The van der Waals surface area contributed by atoms with Gasteiger partial charge in [-0.05, 0) is 40.2 Å². The van der Waals surface area contributed by atoms with E-state index in [9.17, 15) is 8.42 Å². The van der Waals surface area contributed by atoms with Crippen LogP contribution in [0.4, 0.5) is 5.69 Å². The van der Waals surface area contributed by atoms with Crippen molar-refractivity contribution < 1.29 is 12.8 Å². The Hall–Kier alpha value is -0.830. The van der Waals surface area contributed by atoms with Crippen molar-refractivity contribution in [3.63, 3.8) is 0 Å². The van der Waals surface area contributed by atoms with Crippen LogP contribution in [0.25, 0.3) is 0 Å². The standard InChI is InChI=1S/C11H10Br2N2O3S/c12-7-4-9(13)11(10(14)5-7)19(16,17)15-6-8-2-1-3-18-8/h1-5,15H,6,14H2. The number of halogens is 2. The third-order valence-corrected chi connectivity index (χ3v) is 5.19. The predicted molar refractivity (Wildman–Crippen MR) is 79.0 cm³/mol. The van der Waals surface area contributed by atoms with Crippen LogP contribution in [-0.2, 0) is 16.6 Å². The Labute approximate surface area is 127 Å². The third-order valence-electron chi connectivity index (χ3n) is 2.32. The molecule has 0 aliphatic heterocycles. The molecule has 0 fully saturated rings. The van der Waals surface area contributed by atoms with Crippen LogP contribution in [0.3, 0.4) is 0 Å². The van der Waals surface area contributed by atoms with Crippen LogP contribution in [0.5, 0.6) is 0 Å². The summed E-state index contributed by atoms with van der Waals surface area (Å²) in [4.78, 5) is 0.0160. The topological polar surface area (TPSA) is 85.3 Å². The minimum absolute atomic E-state index is 0.0160. The van der Waals surface area contributed by atoms with Gasteiger partial charge in [-0.3, -0.25) is 0 Å². The molecule has 5 nitrogen and oxygen atoms in total. The zero-order chi connectivity index (χ0) is 14.0. The number of hydrogen-bond donors (Lipinski definition) is 2. The van der Waals surface area contributed by atoms with Gasteiger partial charge < -0.3 is 10.2 Å². The quantitative estimate of drug-likeness (QED) is 0.760. The van der Waals surface area contributed by atoms with E-state index in [4.69, 9.17) is 10.2 Å². The third kappa shape index (κ3) is 3.38. The first kappa shape index (κ1) is 14.6. The summed E-state index contributed by atoms with van der Waals surface area (Å²) in [7, 11) is -3.72. The summed E-state index contributed by atoms with van der Waals surface area (Å²) in [6.07, 6.45) is 1.48. The summed E-state index contributed by atoms with van der Waals surface area (Å²) in [5.41, 5.74) is 5.92. The van der Waals surface area contributed by atoms with Gasteiger partial charge in [-0.2, -0.15) is 0 Å². The predicted octanol–water partition coefficient (Wildman–Crippen LogP) is 2.87. The van der Waals surface area contributed by atoms with Crippen LogP contribution in [0.2, 0.25) is 0 Å². The maximum Gasteiger partial charge on any atom is 0.244 e. The molecule has 3 N–H and O–H groups in total. The Morgan fingerprint density at radius 1 is 1.32 bits per heavy atom. The molecule has 0 saturated carbocycles. The molecule has 0 amide bonds. The Kier molecular flexibility index (Phi) is 4.34. The fourth-order valence-corrected chi connectivity index (χ4v) is 4.57. The van der Waals surface area contributed by atoms with Crippen LogP contribution in [-0.4, -0.2) is 8.42 Å². The van der Waals surface area contributed by atoms with Crippen molar-refractivity contribution in [1.82, 2.24) is 4.72 Å². The van der Waals surface area contributed by atoms with Gasteiger partial charge in [-0.25, -0.2) is 13.1 Å². The molecule has 1 heterocycles. The minimum atomic E-state index is -3.72. The van der Waals surface area contributed by atoms with E-state index in [1.165, 1.54) is 12.3 Å². The molecule has 19 heavy (non-hydrogen) atoms. The summed E-state index contributed by atoms with van der Waals surface area (Å²) in [6.45, 7) is 0.0667. The van der Waals surface area contributed by atoms with Gasteiger partial charge in [0, 0.05) is 8.95 Å². The molecule has 1 aromatic heterocycles. The Balaban J connectivity index is 2.29. The lowest BCUT2D eigenvalue weighted by molar-refractivity contribution is 0.498. The van der Waals surface area contributed by atoms with Gasteiger partial charge in [0.2, 0.25) is 10.0 Å². The van der Waals surface area contributed by atoms with Crippen LogP contribution in [0.1, 0.15) is 5.76 Å². The first-order valence-electron chi connectivity index (χ1n) is 5.17. The maximum atomic E-state index is 12.2. The zero-order valence-electron chi connectivity index (χ0n) is 9.56. The molecule has 0 unspecified atom stereocenters. The summed E-state index contributed by atoms with van der Waals surface area (Å²) >= 11 is 6.44. The average molecular weight is 410 g/mol. The minimum Gasteiger partial charge on any atom is -0.468 e. The van der Waals surface area contributed by atoms with E-state index >= 15 is 0 Å². The van der Waals surface area contributed by atoms with Crippen molar-refractivity contribution in [2.45, 2.75) is 11.4 Å². The van der Waals surface area contributed by atoms with Crippen LogP contribution < -0.4 is 10.5 Å². The van der Waals surface area contributed by atoms with Crippen molar-refractivity contribution in [3.8, 4) is 0 Å². The number of nitrogens with one attached hydrogen (secondary N) is 1. The fourth-order valence-electron chi connectivity index (χ4n) is 1.52. The second kappa shape index (κ2) is 5.66. The van der Waals surface area contributed by atoms with Crippen LogP contribution in [0, 0.1) is 0 Å². The molecule has 102 valence electrons. The average Bonchev–Trinajstić information content (AvgIpc) is 2.77. The highest BCUT2D eigenvalue weighted by molar-refractivity contribution is 9.11. The number of benzene rings is 1. The monoisotopic (exact) mass is 408 g/mol. The van der Waals surface area contributed by atoms with Gasteiger partial charge in [0.1, 0.15) is 10.7 Å². The number of rotatable bonds is 4. The Morgan fingerprint density at radius 2 is 2.05 bits per heavy atom. The van der Waals surface area contributed by atoms with E-state index < -0.39 is 10.0 Å². The molecule has 0 spiro atoms. The van der Waals surface area contributed by atoms with E-state index in [1.807, 2.05) is 0 Å². The molecule has 8 heteroatoms. The summed E-state index contributed by atoms with van der Waals surface area (Å²) in [5.74, 6) is 0.524. The van der Waals surface area contributed by atoms with Crippen molar-refractivity contribution in [1.29, 1.82) is 0 Å². The van der Waals surface area contributed by atoms with Gasteiger partial charge in [-0.1, -0.05) is 15.9 Å². The van der Waals surface area contributed by atoms with Gasteiger partial charge in [0.05, 0.1) is 18.5 Å². The Morgan fingerprint density at radius 3 is 2.63 bits per heavy atom. The first-order valence-corrected chi connectivity index (χ1v) is 8.23. The summed E-state index contributed by atoms with van der Waals surface area (Å²) in [6, 6.07) is 6.53. The highest BCUT2D eigenvalue weighted by Gasteiger charge is 2.21. The molecule has 2 aromatic rings. The smallest absolute Gasteiger partial charge is 0.244 e. The normalized spacial score (nSPS) is 11.7. The van der Waals surface area contributed by atoms with Gasteiger partial charge >= 0.3 is 0 Å². The molecular weight excluding hydrogens is 400 g/mol. The van der Waals surface area contributed by atoms with E-state index in [2.05, 4.69) is 36.6 Å². The lowest BCUT2D eigenvalue weighted by atomic mass is 10.3. The lowest BCUT2D eigenvalue weighted by Crippen LogP contribution is -2.24. The number of hydrogen-bond acceptors (Lipinski definition) is 4. The van der Waals surface area contributed by atoms with Gasteiger partial charge in [0.15, 0.2) is 0 Å².